The molecule has 0 atom stereocenters. The molecule has 0 saturated heterocycles. The summed E-state index contributed by atoms with van der Waals surface area (Å²) in [5, 5.41) is 13.0. The Morgan fingerprint density at radius 2 is 1.96 bits per heavy atom. The molecule has 0 saturated carbocycles. The molecule has 1 aromatic rings. The van der Waals surface area contributed by atoms with E-state index in [2.05, 4.69) is 15.3 Å². The molecule has 0 unspecified atom stereocenters. The number of aliphatic imine (C=N–C) groups is 1. The van der Waals surface area contributed by atoms with E-state index >= 15 is 0 Å². The highest BCUT2D eigenvalue weighted by Crippen LogP contribution is 2.28. The highest BCUT2D eigenvalue weighted by Gasteiger charge is 2.27. The SMILES string of the molecule is CCOC(=O)C(C(=NC(C)C)NC(C)C)=C(O)c1cc(F)c(Cl)nc1Cl. The number of nitrogens with one attached hydrogen (secondary N) is 1. The van der Waals surface area contributed by atoms with E-state index in [1.54, 1.807) is 20.8 Å². The van der Waals surface area contributed by atoms with Crippen molar-refractivity contribution in [1.29, 1.82) is 0 Å². The van der Waals surface area contributed by atoms with Crippen molar-refractivity contribution in [3.8, 4) is 0 Å². The van der Waals surface area contributed by atoms with E-state index in [4.69, 9.17) is 27.9 Å². The van der Waals surface area contributed by atoms with Crippen molar-refractivity contribution in [2.24, 2.45) is 4.99 Å². The number of aromatic nitrogens is 1. The van der Waals surface area contributed by atoms with Crippen LogP contribution in [-0.4, -0.2) is 40.6 Å². The highest BCUT2D eigenvalue weighted by atomic mass is 35.5. The molecule has 0 aliphatic heterocycles. The van der Waals surface area contributed by atoms with Gasteiger partial charge in [-0.1, -0.05) is 23.2 Å². The quantitative estimate of drug-likeness (QED) is 0.185. The molecule has 144 valence electrons. The first-order chi connectivity index (χ1) is 12.1. The second-order valence-electron chi connectivity index (χ2n) is 5.91. The number of hydrogen-bond donors (Lipinski definition) is 2. The molecule has 0 amide bonds. The lowest BCUT2D eigenvalue weighted by Crippen LogP contribution is -2.36. The Kier molecular flexibility index (Phi) is 8.30. The fourth-order valence-electron chi connectivity index (χ4n) is 1.96. The number of pyridine rings is 1. The van der Waals surface area contributed by atoms with Crippen molar-refractivity contribution in [3.05, 3.63) is 33.3 Å². The molecule has 0 aliphatic rings. The van der Waals surface area contributed by atoms with E-state index in [1.165, 1.54) is 0 Å². The average Bonchev–Trinajstić information content (AvgIpc) is 2.49. The van der Waals surface area contributed by atoms with Gasteiger partial charge >= 0.3 is 5.97 Å². The summed E-state index contributed by atoms with van der Waals surface area (Å²) < 4.78 is 18.8. The Morgan fingerprint density at radius 3 is 2.46 bits per heavy atom. The summed E-state index contributed by atoms with van der Waals surface area (Å²) in [5.74, 6) is -2.22. The van der Waals surface area contributed by atoms with Crippen LogP contribution in [0.5, 0.6) is 0 Å². The number of aliphatic hydroxyl groups excluding tert-OH is 1. The van der Waals surface area contributed by atoms with Crippen molar-refractivity contribution in [2.45, 2.75) is 46.7 Å². The number of halogens is 3. The van der Waals surface area contributed by atoms with E-state index in [9.17, 15) is 14.3 Å². The minimum Gasteiger partial charge on any atom is -0.506 e. The molecule has 0 bridgehead atoms. The van der Waals surface area contributed by atoms with Crippen LogP contribution in [0.3, 0.4) is 0 Å². The lowest BCUT2D eigenvalue weighted by molar-refractivity contribution is -0.137. The summed E-state index contributed by atoms with van der Waals surface area (Å²) in [6.07, 6.45) is 0. The zero-order valence-electron chi connectivity index (χ0n) is 15.2. The van der Waals surface area contributed by atoms with Gasteiger partial charge < -0.3 is 15.2 Å². The number of ether oxygens (including phenoxy) is 1. The third-order valence-corrected chi connectivity index (χ3v) is 3.46. The van der Waals surface area contributed by atoms with Gasteiger partial charge in [0.1, 0.15) is 22.3 Å². The molecule has 1 heterocycles. The van der Waals surface area contributed by atoms with Gasteiger partial charge in [0.15, 0.2) is 11.0 Å². The topological polar surface area (TPSA) is 83.8 Å². The summed E-state index contributed by atoms with van der Waals surface area (Å²) in [4.78, 5) is 20.4. The molecule has 0 aliphatic carbocycles. The predicted molar refractivity (Wildman–Crippen MR) is 101 cm³/mol. The van der Waals surface area contributed by atoms with Crippen molar-refractivity contribution in [1.82, 2.24) is 10.3 Å². The van der Waals surface area contributed by atoms with Crippen LogP contribution in [0.1, 0.15) is 40.2 Å². The summed E-state index contributed by atoms with van der Waals surface area (Å²) in [6.45, 7) is 8.99. The Bertz CT molecular complexity index is 734. The predicted octanol–water partition coefficient (Wildman–Crippen LogP) is 4.16. The summed E-state index contributed by atoms with van der Waals surface area (Å²) in [6, 6.07) is 0.610. The average molecular weight is 406 g/mol. The highest BCUT2D eigenvalue weighted by molar-refractivity contribution is 6.34. The number of carbonyl (C=O) groups excluding carboxylic acids is 1. The maximum absolute atomic E-state index is 13.8. The minimum absolute atomic E-state index is 0.0766. The first-order valence-electron chi connectivity index (χ1n) is 8.05. The summed E-state index contributed by atoms with van der Waals surface area (Å²) in [5.41, 5.74) is -0.460. The van der Waals surface area contributed by atoms with Crippen molar-refractivity contribution >= 4 is 40.8 Å². The third-order valence-electron chi connectivity index (χ3n) is 2.91. The van der Waals surface area contributed by atoms with Crippen LogP contribution in [-0.2, 0) is 9.53 Å². The zero-order chi connectivity index (χ0) is 20.0. The molecule has 0 aromatic carbocycles. The second-order valence-corrected chi connectivity index (χ2v) is 6.63. The first-order valence-corrected chi connectivity index (χ1v) is 8.80. The Morgan fingerprint density at radius 1 is 1.35 bits per heavy atom. The number of nitrogens with zero attached hydrogens (tertiary/aromatic N) is 2. The third kappa shape index (κ3) is 5.85. The maximum Gasteiger partial charge on any atom is 0.345 e. The lowest BCUT2D eigenvalue weighted by Gasteiger charge is -2.18. The van der Waals surface area contributed by atoms with E-state index in [0.717, 1.165) is 6.07 Å². The first kappa shape index (κ1) is 22.2. The monoisotopic (exact) mass is 405 g/mol. The van der Waals surface area contributed by atoms with Crippen LogP contribution in [0.2, 0.25) is 10.3 Å². The minimum atomic E-state index is -0.889. The number of aliphatic hydroxyl groups is 1. The van der Waals surface area contributed by atoms with Crippen LogP contribution < -0.4 is 5.32 Å². The molecule has 26 heavy (non-hydrogen) atoms. The van der Waals surface area contributed by atoms with Crippen LogP contribution >= 0.6 is 23.2 Å². The van der Waals surface area contributed by atoms with E-state index < -0.39 is 22.7 Å². The molecule has 0 fully saturated rings. The molecule has 1 rings (SSSR count). The molecule has 9 heteroatoms. The number of esters is 1. The maximum atomic E-state index is 13.8. The number of amidine groups is 1. The van der Waals surface area contributed by atoms with Crippen LogP contribution in [0.4, 0.5) is 4.39 Å². The normalized spacial score (nSPS) is 13.1. The Hall–Kier alpha value is -1.86. The lowest BCUT2D eigenvalue weighted by atomic mass is 10.1. The van der Waals surface area contributed by atoms with E-state index in [0.29, 0.717) is 0 Å². The van der Waals surface area contributed by atoms with Crippen molar-refractivity contribution in [3.63, 3.8) is 0 Å². The van der Waals surface area contributed by atoms with E-state index in [-0.39, 0.29) is 40.8 Å². The van der Waals surface area contributed by atoms with Gasteiger partial charge in [-0.25, -0.2) is 14.2 Å². The standard InChI is InChI=1S/C17H22Cl2FN3O3/c1-6-26-17(25)12(16(21-8(2)3)22-9(4)5)13(24)10-7-11(20)15(19)23-14(10)18/h7-9,24H,6H2,1-5H3,(H,21,22). The second kappa shape index (κ2) is 9.73. The van der Waals surface area contributed by atoms with Crippen molar-refractivity contribution < 1.29 is 19.0 Å². The van der Waals surface area contributed by atoms with Gasteiger partial charge in [-0.05, 0) is 40.7 Å². The number of rotatable bonds is 6. The van der Waals surface area contributed by atoms with Gasteiger partial charge in [0, 0.05) is 12.1 Å². The van der Waals surface area contributed by atoms with Crippen LogP contribution in [0.15, 0.2) is 16.6 Å². The molecule has 2 N–H and O–H groups in total. The fourth-order valence-corrected chi connectivity index (χ4v) is 2.37. The zero-order valence-corrected chi connectivity index (χ0v) is 16.7. The van der Waals surface area contributed by atoms with Gasteiger partial charge in [0.2, 0.25) is 0 Å². The van der Waals surface area contributed by atoms with Gasteiger partial charge in [-0.3, -0.25) is 4.99 Å². The van der Waals surface area contributed by atoms with Gasteiger partial charge in [0.25, 0.3) is 0 Å². The molecular weight excluding hydrogens is 384 g/mol. The number of carbonyl (C=O) groups is 1. The van der Waals surface area contributed by atoms with Gasteiger partial charge in [0.05, 0.1) is 12.2 Å². The molecular formula is C17H22Cl2FN3O3. The summed E-state index contributed by atoms with van der Waals surface area (Å²) >= 11 is 11.6. The van der Waals surface area contributed by atoms with Crippen LogP contribution in [0, 0.1) is 5.82 Å². The molecule has 0 spiro atoms. The van der Waals surface area contributed by atoms with Gasteiger partial charge in [-0.2, -0.15) is 0 Å². The van der Waals surface area contributed by atoms with Crippen molar-refractivity contribution in [2.75, 3.05) is 6.61 Å². The smallest absolute Gasteiger partial charge is 0.345 e. The summed E-state index contributed by atoms with van der Waals surface area (Å²) in [7, 11) is 0. The molecule has 0 radical (unpaired) electrons. The Labute approximate surface area is 162 Å². The largest absolute Gasteiger partial charge is 0.506 e. The fraction of sp³-hybridized carbons (Fsp3) is 0.471. The Balaban J connectivity index is 3.69. The van der Waals surface area contributed by atoms with Crippen LogP contribution in [0.25, 0.3) is 5.76 Å². The van der Waals surface area contributed by atoms with Gasteiger partial charge in [-0.15, -0.1) is 0 Å². The molecule has 1 aromatic heterocycles. The van der Waals surface area contributed by atoms with E-state index in [1.807, 2.05) is 13.8 Å². The number of hydrogen-bond acceptors (Lipinski definition) is 5. The molecule has 6 nitrogen and oxygen atoms in total.